The van der Waals surface area contributed by atoms with Crippen molar-refractivity contribution in [2.24, 2.45) is 0 Å². The van der Waals surface area contributed by atoms with Crippen LogP contribution in [0.25, 0.3) is 10.2 Å². The lowest BCUT2D eigenvalue weighted by molar-refractivity contribution is 0.875. The summed E-state index contributed by atoms with van der Waals surface area (Å²) >= 11 is 5.23. The number of thiazole rings is 1. The molecule has 0 bridgehead atoms. The average molecular weight is 346 g/mol. The molecule has 4 rings (SSSR count). The first-order valence-electron chi connectivity index (χ1n) is 6.66. The maximum Gasteiger partial charge on any atom is 0.132 e. The van der Waals surface area contributed by atoms with E-state index < -0.39 is 0 Å². The van der Waals surface area contributed by atoms with Crippen molar-refractivity contribution >= 4 is 37.5 Å². The first-order chi connectivity index (χ1) is 9.78. The van der Waals surface area contributed by atoms with Crippen molar-refractivity contribution < 1.29 is 0 Å². The van der Waals surface area contributed by atoms with E-state index in [1.54, 1.807) is 11.3 Å². The van der Waals surface area contributed by atoms with Gasteiger partial charge in [0.2, 0.25) is 0 Å². The molecule has 20 heavy (non-hydrogen) atoms. The van der Waals surface area contributed by atoms with Gasteiger partial charge in [0, 0.05) is 12.3 Å². The van der Waals surface area contributed by atoms with Gasteiger partial charge in [-0.25, -0.2) is 15.0 Å². The Morgan fingerprint density at radius 1 is 1.15 bits per heavy atom. The van der Waals surface area contributed by atoms with E-state index in [0.29, 0.717) is 5.92 Å². The Hall–Kier alpha value is -1.33. The molecule has 0 atom stereocenters. The zero-order valence-electron chi connectivity index (χ0n) is 10.7. The van der Waals surface area contributed by atoms with Crippen LogP contribution in [0, 0.1) is 0 Å². The van der Waals surface area contributed by atoms with Gasteiger partial charge in [-0.2, -0.15) is 0 Å². The summed E-state index contributed by atoms with van der Waals surface area (Å²) in [5, 5.41) is 1.11. The number of rotatable bonds is 3. The molecule has 1 aliphatic carbocycles. The number of halogens is 1. The van der Waals surface area contributed by atoms with Gasteiger partial charge in [0.1, 0.15) is 10.4 Å². The molecule has 1 fully saturated rings. The monoisotopic (exact) mass is 345 g/mol. The molecular formula is C15H12BrN3S. The van der Waals surface area contributed by atoms with E-state index in [1.165, 1.54) is 17.5 Å². The molecule has 2 aromatic heterocycles. The maximum absolute atomic E-state index is 4.69. The normalized spacial score (nSPS) is 14.8. The number of nitrogens with zero attached hydrogens (tertiary/aromatic N) is 3. The van der Waals surface area contributed by atoms with Crippen molar-refractivity contribution in [1.29, 1.82) is 0 Å². The van der Waals surface area contributed by atoms with Crippen LogP contribution in [-0.4, -0.2) is 15.0 Å². The van der Waals surface area contributed by atoms with Gasteiger partial charge in [-0.1, -0.05) is 12.1 Å². The molecule has 3 aromatic rings. The average Bonchev–Trinajstić information content (AvgIpc) is 3.19. The fourth-order valence-electron chi connectivity index (χ4n) is 2.25. The Morgan fingerprint density at radius 2 is 2.00 bits per heavy atom. The van der Waals surface area contributed by atoms with Crippen LogP contribution in [-0.2, 0) is 6.42 Å². The Kier molecular flexibility index (Phi) is 3.04. The van der Waals surface area contributed by atoms with Crippen LogP contribution in [0.4, 0.5) is 0 Å². The molecule has 3 nitrogen and oxygen atoms in total. The van der Waals surface area contributed by atoms with Gasteiger partial charge in [-0.15, -0.1) is 11.3 Å². The molecule has 2 heterocycles. The SMILES string of the molecule is Brc1cc(Cc2nc3ccccc3s2)nc(C2CC2)n1. The molecule has 0 aliphatic heterocycles. The Morgan fingerprint density at radius 3 is 2.80 bits per heavy atom. The molecular weight excluding hydrogens is 334 g/mol. The van der Waals surface area contributed by atoms with Gasteiger partial charge in [-0.3, -0.25) is 0 Å². The number of hydrogen-bond acceptors (Lipinski definition) is 4. The molecule has 0 amide bonds. The molecule has 1 saturated carbocycles. The van der Waals surface area contributed by atoms with Gasteiger partial charge in [0.25, 0.3) is 0 Å². The minimum Gasteiger partial charge on any atom is -0.241 e. The standard InChI is InChI=1S/C15H12BrN3S/c16-13-7-10(17-15(19-13)9-5-6-9)8-14-18-11-3-1-2-4-12(11)20-14/h1-4,7,9H,5-6,8H2. The van der Waals surface area contributed by atoms with Gasteiger partial charge < -0.3 is 0 Å². The Bertz CT molecular complexity index is 747. The van der Waals surface area contributed by atoms with Crippen LogP contribution in [0.5, 0.6) is 0 Å². The second-order valence-electron chi connectivity index (χ2n) is 5.07. The number of aromatic nitrogens is 3. The van der Waals surface area contributed by atoms with Crippen LogP contribution < -0.4 is 0 Å². The number of benzene rings is 1. The number of fused-ring (bicyclic) bond motifs is 1. The lowest BCUT2D eigenvalue weighted by atomic mass is 10.3. The van der Waals surface area contributed by atoms with E-state index in [-0.39, 0.29) is 0 Å². The van der Waals surface area contributed by atoms with Crippen molar-refractivity contribution in [3.8, 4) is 0 Å². The highest BCUT2D eigenvalue weighted by atomic mass is 79.9. The Labute approximate surface area is 129 Å². The second-order valence-corrected chi connectivity index (χ2v) is 6.99. The third-order valence-electron chi connectivity index (χ3n) is 3.38. The van der Waals surface area contributed by atoms with Crippen LogP contribution >= 0.6 is 27.3 Å². The van der Waals surface area contributed by atoms with Crippen LogP contribution in [0.2, 0.25) is 0 Å². The highest BCUT2D eigenvalue weighted by Gasteiger charge is 2.27. The summed E-state index contributed by atoms with van der Waals surface area (Å²) in [6.45, 7) is 0. The second kappa shape index (κ2) is 4.90. The molecule has 0 N–H and O–H groups in total. The molecule has 1 aromatic carbocycles. The highest BCUT2D eigenvalue weighted by Crippen LogP contribution is 2.38. The fraction of sp³-hybridized carbons (Fsp3) is 0.267. The van der Waals surface area contributed by atoms with E-state index in [2.05, 4.69) is 49.1 Å². The lowest BCUT2D eigenvalue weighted by Gasteiger charge is -2.02. The minimum atomic E-state index is 0.571. The quantitative estimate of drug-likeness (QED) is 0.663. The first kappa shape index (κ1) is 12.4. The zero-order valence-corrected chi connectivity index (χ0v) is 13.1. The predicted octanol–water partition coefficient (Wildman–Crippen LogP) is 4.32. The summed E-state index contributed by atoms with van der Waals surface area (Å²) in [7, 11) is 0. The molecule has 0 spiro atoms. The summed E-state index contributed by atoms with van der Waals surface area (Å²) in [6, 6.07) is 10.2. The summed E-state index contributed by atoms with van der Waals surface area (Å²) in [6.07, 6.45) is 3.22. The minimum absolute atomic E-state index is 0.571. The van der Waals surface area contributed by atoms with Crippen LogP contribution in [0.1, 0.15) is 35.3 Å². The lowest BCUT2D eigenvalue weighted by Crippen LogP contribution is -1.99. The molecule has 0 unspecified atom stereocenters. The number of hydrogen-bond donors (Lipinski definition) is 0. The summed E-state index contributed by atoms with van der Waals surface area (Å²) < 4.78 is 2.11. The van der Waals surface area contributed by atoms with E-state index in [1.807, 2.05) is 12.1 Å². The third kappa shape index (κ3) is 2.47. The fourth-order valence-corrected chi connectivity index (χ4v) is 3.68. The summed E-state index contributed by atoms with van der Waals surface area (Å²) in [5.41, 5.74) is 2.12. The molecule has 100 valence electrons. The van der Waals surface area contributed by atoms with Crippen LogP contribution in [0.3, 0.4) is 0 Å². The highest BCUT2D eigenvalue weighted by molar-refractivity contribution is 9.10. The third-order valence-corrected chi connectivity index (χ3v) is 4.82. The smallest absolute Gasteiger partial charge is 0.132 e. The van der Waals surface area contributed by atoms with Gasteiger partial charge >= 0.3 is 0 Å². The maximum atomic E-state index is 4.69. The Balaban J connectivity index is 1.67. The van der Waals surface area contributed by atoms with Crippen molar-refractivity contribution in [3.05, 3.63) is 51.5 Å². The largest absolute Gasteiger partial charge is 0.241 e. The molecule has 5 heteroatoms. The predicted molar refractivity (Wildman–Crippen MR) is 84.1 cm³/mol. The van der Waals surface area contributed by atoms with Crippen molar-refractivity contribution in [3.63, 3.8) is 0 Å². The molecule has 0 saturated heterocycles. The van der Waals surface area contributed by atoms with E-state index in [4.69, 9.17) is 0 Å². The van der Waals surface area contributed by atoms with Gasteiger partial charge in [-0.05, 0) is 47.0 Å². The first-order valence-corrected chi connectivity index (χ1v) is 8.27. The number of para-hydroxylation sites is 1. The van der Waals surface area contributed by atoms with Crippen molar-refractivity contribution in [2.45, 2.75) is 25.2 Å². The topological polar surface area (TPSA) is 38.7 Å². The van der Waals surface area contributed by atoms with Crippen LogP contribution in [0.15, 0.2) is 34.9 Å². The molecule has 1 aliphatic rings. The van der Waals surface area contributed by atoms with Gasteiger partial charge in [0.05, 0.1) is 20.9 Å². The van der Waals surface area contributed by atoms with Crippen molar-refractivity contribution in [1.82, 2.24) is 15.0 Å². The van der Waals surface area contributed by atoms with E-state index >= 15 is 0 Å². The van der Waals surface area contributed by atoms with E-state index in [9.17, 15) is 0 Å². The molecule has 0 radical (unpaired) electrons. The summed E-state index contributed by atoms with van der Waals surface area (Å²) in [4.78, 5) is 13.8. The van der Waals surface area contributed by atoms with E-state index in [0.717, 1.165) is 33.1 Å². The zero-order chi connectivity index (χ0) is 13.5. The van der Waals surface area contributed by atoms with Gasteiger partial charge in [0.15, 0.2) is 0 Å². The van der Waals surface area contributed by atoms with Crippen molar-refractivity contribution in [2.75, 3.05) is 0 Å². The summed E-state index contributed by atoms with van der Waals surface area (Å²) in [5.74, 6) is 1.55.